The summed E-state index contributed by atoms with van der Waals surface area (Å²) in [4.78, 5) is 0. The van der Waals surface area contributed by atoms with Crippen molar-refractivity contribution < 1.29 is 80.5 Å². The smallest absolute Gasteiger partial charge is 0.163 e. The van der Waals surface area contributed by atoms with Crippen LogP contribution in [-0.2, 0) is 87.1 Å². The molecular formula is C48H68O17. The van der Waals surface area contributed by atoms with Gasteiger partial charge in [-0.15, -0.1) is 0 Å². The molecule has 8 aliphatic heterocycles. The molecule has 362 valence electrons. The lowest BCUT2D eigenvalue weighted by Crippen LogP contribution is -2.67. The monoisotopic (exact) mass is 916 g/mol. The Balaban J connectivity index is 0.891. The Labute approximate surface area is 381 Å². The van der Waals surface area contributed by atoms with Crippen LogP contribution < -0.4 is 0 Å². The van der Waals surface area contributed by atoms with Crippen LogP contribution in [0.1, 0.15) is 61.0 Å². The Morgan fingerprint density at radius 1 is 0.431 bits per heavy atom. The van der Waals surface area contributed by atoms with Crippen LogP contribution in [0, 0.1) is 23.7 Å². The van der Waals surface area contributed by atoms with Crippen molar-refractivity contribution in [2.24, 2.45) is 23.7 Å². The molecule has 0 bridgehead atoms. The summed E-state index contributed by atoms with van der Waals surface area (Å²) in [5, 5.41) is 2.34. The molecule has 0 radical (unpaired) electrons. The highest BCUT2D eigenvalue weighted by Gasteiger charge is 2.58. The van der Waals surface area contributed by atoms with E-state index in [0.717, 1.165) is 10.9 Å². The van der Waals surface area contributed by atoms with Gasteiger partial charge in [0.15, 0.2) is 50.3 Å². The molecule has 2 aromatic carbocycles. The number of hydrogen-bond acceptors (Lipinski definition) is 17. The Hall–Kier alpha value is -1.98. The number of ether oxygens (including phenoxy) is 17. The van der Waals surface area contributed by atoms with Gasteiger partial charge in [-0.25, -0.2) is 0 Å². The summed E-state index contributed by atoms with van der Waals surface area (Å²) in [6.45, 7) is 17.5. The third kappa shape index (κ3) is 9.54. The van der Waals surface area contributed by atoms with E-state index in [0.29, 0.717) is 26.4 Å². The average molecular weight is 917 g/mol. The number of rotatable bonds is 10. The zero-order valence-electron chi connectivity index (χ0n) is 38.9. The standard InChI is InChI=1S/C48H68O17/c1-22-37(54-17-30-14-15-31-12-10-11-13-32(31)16-30)41-33(18-50-26(5)55-41)60-46(22)64-39-24(3)48(62-35-20-52-28(7)57-43(35)39)65-40-25(4)47(61-36-21-53-29(8)58-44(36)40)63-38-23(2)45(49-9)59-34-19-51-27(6)56-42(34)38/h10-16,22-29,33-48H,17-21H2,1-9H3/t22?,23?,24?,25?,26?,27?,28?,29?,33?,34?,35?,36?,37-,38-,39-,40-,41+,42+,43+,44+,45-,46+,47+,48+/m1/s1. The van der Waals surface area contributed by atoms with Crippen LogP contribution in [-0.4, -0.2) is 157 Å². The number of benzene rings is 2. The first-order valence-electron chi connectivity index (χ1n) is 23.7. The van der Waals surface area contributed by atoms with E-state index in [2.05, 4.69) is 51.1 Å². The topological polar surface area (TPSA) is 157 Å². The van der Waals surface area contributed by atoms with Crippen LogP contribution in [0.5, 0.6) is 0 Å². The fourth-order valence-electron chi connectivity index (χ4n) is 10.9. The van der Waals surface area contributed by atoms with E-state index in [1.165, 1.54) is 5.39 Å². The third-order valence-electron chi connectivity index (χ3n) is 14.5. The average Bonchev–Trinajstić information content (AvgIpc) is 3.30. The quantitative estimate of drug-likeness (QED) is 0.313. The van der Waals surface area contributed by atoms with E-state index in [1.807, 2.05) is 46.8 Å². The van der Waals surface area contributed by atoms with Crippen molar-refractivity contribution in [2.75, 3.05) is 33.5 Å². The molecule has 0 N–H and O–H groups in total. The van der Waals surface area contributed by atoms with Gasteiger partial charge in [0.1, 0.15) is 48.8 Å². The molecule has 65 heavy (non-hydrogen) atoms. The van der Waals surface area contributed by atoms with Gasteiger partial charge < -0.3 is 80.5 Å². The van der Waals surface area contributed by atoms with Gasteiger partial charge in [0.25, 0.3) is 0 Å². The largest absolute Gasteiger partial charge is 0.370 e. The summed E-state index contributed by atoms with van der Waals surface area (Å²) < 4.78 is 110. The van der Waals surface area contributed by atoms with Crippen LogP contribution in [0.25, 0.3) is 10.8 Å². The SMILES string of the molecule is CO[C@@H]1OC2COC(C)O[C@@H]2[C@H](O[C@@H]2OC3COC(C)O[C@@H]3[C@H](O[C@@H]3OC4COC(C)O[C@@H]4[C@H](O[C@@H]4OC5COC(C)O[C@@H]5[C@H](OCc5ccc6ccccc6c5)C4C)C3C)C2C)C1C. The minimum absolute atomic E-state index is 0.193. The van der Waals surface area contributed by atoms with Crippen molar-refractivity contribution in [3.8, 4) is 0 Å². The maximum absolute atomic E-state index is 7.19. The highest BCUT2D eigenvalue weighted by Crippen LogP contribution is 2.44. The normalized spacial score (nSPS) is 49.0. The number of fused-ring (bicyclic) bond motifs is 5. The lowest BCUT2D eigenvalue weighted by molar-refractivity contribution is -0.414. The highest BCUT2D eigenvalue weighted by molar-refractivity contribution is 5.82. The second kappa shape index (κ2) is 19.8. The van der Waals surface area contributed by atoms with Gasteiger partial charge in [-0.1, -0.05) is 64.1 Å². The van der Waals surface area contributed by atoms with Crippen molar-refractivity contribution in [3.05, 3.63) is 48.0 Å². The van der Waals surface area contributed by atoms with Gasteiger partial charge >= 0.3 is 0 Å². The van der Waals surface area contributed by atoms with Gasteiger partial charge in [0.05, 0.1) is 57.5 Å². The summed E-state index contributed by atoms with van der Waals surface area (Å²) in [6.07, 6.45) is -9.91. The molecule has 0 saturated carbocycles. The molecule has 0 aliphatic carbocycles. The van der Waals surface area contributed by atoms with Gasteiger partial charge in [0, 0.05) is 30.8 Å². The minimum Gasteiger partial charge on any atom is -0.370 e. The molecule has 2 aromatic rings. The summed E-state index contributed by atoms with van der Waals surface area (Å²) >= 11 is 0. The maximum atomic E-state index is 7.19. The minimum atomic E-state index is -0.770. The van der Waals surface area contributed by atoms with E-state index >= 15 is 0 Å². The summed E-state index contributed by atoms with van der Waals surface area (Å²) in [5.41, 5.74) is 1.07. The van der Waals surface area contributed by atoms with Crippen LogP contribution in [0.3, 0.4) is 0 Å². The van der Waals surface area contributed by atoms with Crippen molar-refractivity contribution in [3.63, 3.8) is 0 Å². The Bertz CT molecular complexity index is 1890. The summed E-state index contributed by atoms with van der Waals surface area (Å²) in [6, 6.07) is 14.7. The maximum Gasteiger partial charge on any atom is 0.163 e. The molecule has 0 aromatic heterocycles. The molecule has 12 unspecified atom stereocenters. The molecule has 17 heteroatoms. The van der Waals surface area contributed by atoms with Crippen molar-refractivity contribution in [1.82, 2.24) is 0 Å². The first-order chi connectivity index (χ1) is 31.4. The van der Waals surface area contributed by atoms with Gasteiger partial charge in [-0.3, -0.25) is 0 Å². The van der Waals surface area contributed by atoms with Gasteiger partial charge in [0.2, 0.25) is 0 Å². The molecule has 0 spiro atoms. The van der Waals surface area contributed by atoms with Gasteiger partial charge in [-0.05, 0) is 50.1 Å². The van der Waals surface area contributed by atoms with Crippen LogP contribution >= 0.6 is 0 Å². The molecular weight excluding hydrogens is 849 g/mol. The zero-order chi connectivity index (χ0) is 45.1. The molecule has 8 saturated heterocycles. The fraction of sp³-hybridized carbons (Fsp3) is 0.792. The summed E-state index contributed by atoms with van der Waals surface area (Å²) in [7, 11) is 1.63. The molecule has 10 rings (SSSR count). The molecule has 0 amide bonds. The number of hydrogen-bond donors (Lipinski definition) is 0. The predicted octanol–water partition coefficient (Wildman–Crippen LogP) is 5.02. The lowest BCUT2D eigenvalue weighted by Gasteiger charge is -2.54. The lowest BCUT2D eigenvalue weighted by atomic mass is 9.88. The van der Waals surface area contributed by atoms with Crippen LogP contribution in [0.4, 0.5) is 0 Å². The van der Waals surface area contributed by atoms with Crippen molar-refractivity contribution in [1.29, 1.82) is 0 Å². The van der Waals surface area contributed by atoms with Gasteiger partial charge in [-0.2, -0.15) is 0 Å². The zero-order valence-corrected chi connectivity index (χ0v) is 38.9. The molecule has 24 atom stereocenters. The molecule has 17 nitrogen and oxygen atoms in total. The highest BCUT2D eigenvalue weighted by atomic mass is 16.8. The van der Waals surface area contributed by atoms with E-state index in [4.69, 9.17) is 80.5 Å². The summed E-state index contributed by atoms with van der Waals surface area (Å²) in [5.74, 6) is -1.13. The third-order valence-corrected chi connectivity index (χ3v) is 14.5. The second-order valence-corrected chi connectivity index (χ2v) is 19.1. The van der Waals surface area contributed by atoms with Crippen LogP contribution in [0.2, 0.25) is 0 Å². The first-order valence-corrected chi connectivity index (χ1v) is 23.7. The fourth-order valence-corrected chi connectivity index (χ4v) is 10.9. The van der Waals surface area contributed by atoms with Crippen LogP contribution in [0.15, 0.2) is 42.5 Å². The van der Waals surface area contributed by atoms with E-state index in [9.17, 15) is 0 Å². The molecule has 8 fully saturated rings. The number of methoxy groups -OCH3 is 1. The Morgan fingerprint density at radius 2 is 0.800 bits per heavy atom. The Morgan fingerprint density at radius 3 is 1.23 bits per heavy atom. The first kappa shape index (κ1) is 46.7. The van der Waals surface area contributed by atoms with Crippen molar-refractivity contribution >= 4 is 10.8 Å². The van der Waals surface area contributed by atoms with E-state index in [-0.39, 0.29) is 48.6 Å². The van der Waals surface area contributed by atoms with E-state index in [1.54, 1.807) is 7.11 Å². The van der Waals surface area contributed by atoms with E-state index < -0.39 is 105 Å². The second-order valence-electron chi connectivity index (χ2n) is 19.1. The van der Waals surface area contributed by atoms with Crippen molar-refractivity contribution in [2.45, 2.75) is 186 Å². The Kier molecular flexibility index (Phi) is 14.2. The molecule has 8 aliphatic rings. The molecule has 8 heterocycles. The predicted molar refractivity (Wildman–Crippen MR) is 227 cm³/mol.